The first-order valence-corrected chi connectivity index (χ1v) is 6.73. The van der Waals surface area contributed by atoms with Gasteiger partial charge < -0.3 is 4.42 Å². The van der Waals surface area contributed by atoms with Crippen molar-refractivity contribution >= 4 is 22.6 Å². The van der Waals surface area contributed by atoms with E-state index in [0.29, 0.717) is 21.8 Å². The smallest absolute Gasteiger partial charge is 0.193 e. The molecule has 0 aliphatic rings. The van der Waals surface area contributed by atoms with Crippen molar-refractivity contribution in [3.63, 3.8) is 0 Å². The molecule has 3 heteroatoms. The molecule has 1 aromatic heterocycles. The monoisotopic (exact) mass is 284 g/mol. The molecule has 0 fully saturated rings. The maximum absolute atomic E-state index is 12.2. The van der Waals surface area contributed by atoms with Crippen LogP contribution in [0, 0.1) is 13.8 Å². The number of hydrogen-bond acceptors (Lipinski definition) is 2. The highest BCUT2D eigenvalue weighted by molar-refractivity contribution is 6.30. The number of fused-ring (bicyclic) bond motifs is 1. The molecule has 0 N–H and O–H groups in total. The van der Waals surface area contributed by atoms with Gasteiger partial charge in [-0.3, -0.25) is 4.79 Å². The van der Waals surface area contributed by atoms with E-state index in [2.05, 4.69) is 0 Å². The summed E-state index contributed by atoms with van der Waals surface area (Å²) in [6.07, 6.45) is 0. The van der Waals surface area contributed by atoms with Gasteiger partial charge in [0.2, 0.25) is 0 Å². The van der Waals surface area contributed by atoms with Crippen molar-refractivity contribution in [1.82, 2.24) is 0 Å². The molecular formula is C17H13ClO2. The summed E-state index contributed by atoms with van der Waals surface area (Å²) in [7, 11) is 0. The van der Waals surface area contributed by atoms with Gasteiger partial charge in [-0.2, -0.15) is 0 Å². The molecule has 0 aliphatic carbocycles. The first-order chi connectivity index (χ1) is 9.54. The standard InChI is InChI=1S/C17H13ClO2/c1-10-7-14-15(19)9-16(20-17(14)8-11(10)2)12-3-5-13(18)6-4-12/h3-9H,1-2H3. The fourth-order valence-corrected chi connectivity index (χ4v) is 2.29. The molecule has 0 amide bonds. The van der Waals surface area contributed by atoms with E-state index in [-0.39, 0.29) is 5.43 Å². The van der Waals surface area contributed by atoms with Crippen LogP contribution in [0.5, 0.6) is 0 Å². The van der Waals surface area contributed by atoms with Gasteiger partial charge in [0, 0.05) is 16.7 Å². The lowest BCUT2D eigenvalue weighted by molar-refractivity contribution is 0.618. The van der Waals surface area contributed by atoms with Gasteiger partial charge in [-0.05, 0) is 61.4 Å². The quantitative estimate of drug-likeness (QED) is 0.646. The van der Waals surface area contributed by atoms with Crippen molar-refractivity contribution < 1.29 is 4.42 Å². The number of halogens is 1. The summed E-state index contributed by atoms with van der Waals surface area (Å²) in [5.41, 5.74) is 3.62. The molecule has 3 rings (SSSR count). The van der Waals surface area contributed by atoms with Crippen molar-refractivity contribution in [2.24, 2.45) is 0 Å². The van der Waals surface area contributed by atoms with Crippen molar-refractivity contribution in [2.75, 3.05) is 0 Å². The molecule has 100 valence electrons. The molecule has 0 saturated heterocycles. The number of aryl methyl sites for hydroxylation is 2. The third kappa shape index (κ3) is 2.23. The Bertz CT molecular complexity index is 845. The van der Waals surface area contributed by atoms with Crippen LogP contribution < -0.4 is 5.43 Å². The van der Waals surface area contributed by atoms with Gasteiger partial charge in [0.15, 0.2) is 5.43 Å². The predicted molar refractivity (Wildman–Crippen MR) is 82.4 cm³/mol. The zero-order valence-corrected chi connectivity index (χ0v) is 12.0. The summed E-state index contributed by atoms with van der Waals surface area (Å²) in [6, 6.07) is 12.6. The minimum atomic E-state index is -0.0284. The average Bonchev–Trinajstić information content (AvgIpc) is 2.42. The summed E-state index contributed by atoms with van der Waals surface area (Å²) in [5, 5.41) is 1.27. The average molecular weight is 285 g/mol. The van der Waals surface area contributed by atoms with E-state index in [0.717, 1.165) is 16.7 Å². The Morgan fingerprint density at radius 3 is 2.30 bits per heavy atom. The highest BCUT2D eigenvalue weighted by Crippen LogP contribution is 2.25. The molecule has 0 aliphatic heterocycles. The zero-order valence-electron chi connectivity index (χ0n) is 11.2. The lowest BCUT2D eigenvalue weighted by Gasteiger charge is -2.06. The highest BCUT2D eigenvalue weighted by Gasteiger charge is 2.08. The summed E-state index contributed by atoms with van der Waals surface area (Å²) in [5.74, 6) is 0.558. The third-order valence-electron chi connectivity index (χ3n) is 3.47. The molecule has 0 spiro atoms. The van der Waals surface area contributed by atoms with Crippen LogP contribution in [0.1, 0.15) is 11.1 Å². The second kappa shape index (κ2) is 4.80. The molecule has 0 saturated carbocycles. The lowest BCUT2D eigenvalue weighted by atomic mass is 10.1. The van der Waals surface area contributed by atoms with Gasteiger partial charge in [-0.15, -0.1) is 0 Å². The van der Waals surface area contributed by atoms with Gasteiger partial charge in [0.05, 0.1) is 5.39 Å². The molecule has 3 aromatic rings. The summed E-state index contributed by atoms with van der Waals surface area (Å²) in [6.45, 7) is 3.99. The van der Waals surface area contributed by atoms with E-state index in [1.807, 2.05) is 38.1 Å². The van der Waals surface area contributed by atoms with Crippen LogP contribution in [-0.2, 0) is 0 Å². The lowest BCUT2D eigenvalue weighted by Crippen LogP contribution is -2.01. The molecule has 0 unspecified atom stereocenters. The molecule has 0 radical (unpaired) electrons. The van der Waals surface area contributed by atoms with Crippen LogP contribution in [0.3, 0.4) is 0 Å². The molecule has 20 heavy (non-hydrogen) atoms. The number of rotatable bonds is 1. The Labute approximate surface area is 121 Å². The minimum absolute atomic E-state index is 0.0284. The molecule has 1 heterocycles. The maximum Gasteiger partial charge on any atom is 0.193 e. The second-order valence-electron chi connectivity index (χ2n) is 4.91. The van der Waals surface area contributed by atoms with Crippen LogP contribution >= 0.6 is 11.6 Å². The van der Waals surface area contributed by atoms with Crippen LogP contribution in [0.15, 0.2) is 51.7 Å². The second-order valence-corrected chi connectivity index (χ2v) is 5.35. The number of hydrogen-bond donors (Lipinski definition) is 0. The van der Waals surface area contributed by atoms with Crippen LogP contribution in [-0.4, -0.2) is 0 Å². The largest absolute Gasteiger partial charge is 0.456 e. The Hall–Kier alpha value is -2.06. The molecule has 0 bridgehead atoms. The Kier molecular flexibility index (Phi) is 3.11. The topological polar surface area (TPSA) is 30.2 Å². The van der Waals surface area contributed by atoms with Crippen LogP contribution in [0.25, 0.3) is 22.3 Å². The Morgan fingerprint density at radius 1 is 0.950 bits per heavy atom. The first-order valence-electron chi connectivity index (χ1n) is 6.35. The van der Waals surface area contributed by atoms with Gasteiger partial charge in [0.25, 0.3) is 0 Å². The van der Waals surface area contributed by atoms with Gasteiger partial charge in [0.1, 0.15) is 11.3 Å². The SMILES string of the molecule is Cc1cc2oc(-c3ccc(Cl)cc3)cc(=O)c2cc1C. The first kappa shape index (κ1) is 12.9. The fourth-order valence-electron chi connectivity index (χ4n) is 2.17. The highest BCUT2D eigenvalue weighted by atomic mass is 35.5. The molecule has 0 atom stereocenters. The summed E-state index contributed by atoms with van der Waals surface area (Å²) < 4.78 is 5.86. The van der Waals surface area contributed by atoms with E-state index in [4.69, 9.17) is 16.0 Å². The number of benzene rings is 2. The molecule has 2 nitrogen and oxygen atoms in total. The minimum Gasteiger partial charge on any atom is -0.456 e. The van der Waals surface area contributed by atoms with Gasteiger partial charge in [-0.1, -0.05) is 11.6 Å². The van der Waals surface area contributed by atoms with Gasteiger partial charge >= 0.3 is 0 Å². The van der Waals surface area contributed by atoms with E-state index in [1.165, 1.54) is 6.07 Å². The molecule has 2 aromatic carbocycles. The third-order valence-corrected chi connectivity index (χ3v) is 3.72. The van der Waals surface area contributed by atoms with Crippen molar-refractivity contribution in [3.05, 3.63) is 68.8 Å². The molecular weight excluding hydrogens is 272 g/mol. The van der Waals surface area contributed by atoms with Crippen molar-refractivity contribution in [2.45, 2.75) is 13.8 Å². The van der Waals surface area contributed by atoms with Crippen molar-refractivity contribution in [3.8, 4) is 11.3 Å². The van der Waals surface area contributed by atoms with E-state index in [9.17, 15) is 4.79 Å². The van der Waals surface area contributed by atoms with E-state index < -0.39 is 0 Å². The zero-order chi connectivity index (χ0) is 14.3. The summed E-state index contributed by atoms with van der Waals surface area (Å²) in [4.78, 5) is 12.2. The van der Waals surface area contributed by atoms with Crippen molar-refractivity contribution in [1.29, 1.82) is 0 Å². The Morgan fingerprint density at radius 2 is 1.60 bits per heavy atom. The van der Waals surface area contributed by atoms with Crippen LogP contribution in [0.4, 0.5) is 0 Å². The fraction of sp³-hybridized carbons (Fsp3) is 0.118. The summed E-state index contributed by atoms with van der Waals surface area (Å²) >= 11 is 5.87. The van der Waals surface area contributed by atoms with Crippen LogP contribution in [0.2, 0.25) is 5.02 Å². The normalized spacial score (nSPS) is 10.9. The van der Waals surface area contributed by atoms with E-state index >= 15 is 0 Å². The maximum atomic E-state index is 12.2. The predicted octanol–water partition coefficient (Wildman–Crippen LogP) is 4.73. The van der Waals surface area contributed by atoms with Gasteiger partial charge in [-0.25, -0.2) is 0 Å². The van der Waals surface area contributed by atoms with E-state index in [1.54, 1.807) is 12.1 Å². The Balaban J connectivity index is 2.26.